The van der Waals surface area contributed by atoms with Crippen molar-refractivity contribution in [3.8, 4) is 5.75 Å². The Kier molecular flexibility index (Phi) is 4.58. The second kappa shape index (κ2) is 6.82. The second-order valence-corrected chi connectivity index (χ2v) is 5.77. The third-order valence-electron chi connectivity index (χ3n) is 3.72. The molecule has 0 aliphatic carbocycles. The minimum absolute atomic E-state index is 0.0221. The molecule has 128 valence electrons. The van der Waals surface area contributed by atoms with Crippen LogP contribution in [0, 0.1) is 10.1 Å². The van der Waals surface area contributed by atoms with Gasteiger partial charge in [-0.2, -0.15) is 0 Å². The molecule has 8 heteroatoms. The van der Waals surface area contributed by atoms with Crippen molar-refractivity contribution in [1.82, 2.24) is 4.57 Å². The van der Waals surface area contributed by atoms with Crippen molar-refractivity contribution >= 4 is 39.8 Å². The topological polar surface area (TPSA) is 86.4 Å². The van der Waals surface area contributed by atoms with Gasteiger partial charge in [-0.3, -0.25) is 14.9 Å². The van der Waals surface area contributed by atoms with Crippen molar-refractivity contribution in [1.29, 1.82) is 0 Å². The van der Waals surface area contributed by atoms with Gasteiger partial charge in [-0.05, 0) is 36.4 Å². The largest absolute Gasteiger partial charge is 0.496 e. The van der Waals surface area contributed by atoms with Crippen molar-refractivity contribution in [3.63, 3.8) is 0 Å². The number of fused-ring (bicyclic) bond motifs is 1. The minimum Gasteiger partial charge on any atom is -0.496 e. The van der Waals surface area contributed by atoms with E-state index in [1.807, 2.05) is 12.1 Å². The number of methoxy groups -OCH3 is 1. The Hall–Kier alpha value is -3.06. The van der Waals surface area contributed by atoms with Gasteiger partial charge in [-0.15, -0.1) is 0 Å². The normalized spacial score (nSPS) is 10.6. The molecular formula is C17H14ClN3O4. The average molecular weight is 360 g/mol. The maximum Gasteiger partial charge on any atom is 0.296 e. The van der Waals surface area contributed by atoms with E-state index in [2.05, 4.69) is 5.32 Å². The number of nitro groups is 1. The smallest absolute Gasteiger partial charge is 0.296 e. The summed E-state index contributed by atoms with van der Waals surface area (Å²) in [4.78, 5) is 22.9. The molecule has 0 saturated carbocycles. The maximum absolute atomic E-state index is 12.3. The number of rotatable bonds is 5. The number of carbonyl (C=O) groups is 1. The molecule has 0 atom stereocenters. The summed E-state index contributed by atoms with van der Waals surface area (Å²) in [6, 6.07) is 11.5. The lowest BCUT2D eigenvalue weighted by atomic mass is 10.2. The maximum atomic E-state index is 12.3. The van der Waals surface area contributed by atoms with Crippen LogP contribution in [0.3, 0.4) is 0 Å². The molecule has 0 aliphatic heterocycles. The van der Waals surface area contributed by atoms with Gasteiger partial charge in [0, 0.05) is 22.1 Å². The highest BCUT2D eigenvalue weighted by Gasteiger charge is 2.17. The highest BCUT2D eigenvalue weighted by molar-refractivity contribution is 6.31. The van der Waals surface area contributed by atoms with Gasteiger partial charge < -0.3 is 14.6 Å². The van der Waals surface area contributed by atoms with E-state index in [1.165, 1.54) is 19.2 Å². The SMILES string of the molecule is COc1ccc(NC(=O)Cn2ccc3cc(Cl)ccc32)c([N+](=O)[O-])c1. The zero-order valence-electron chi connectivity index (χ0n) is 13.2. The molecule has 2 aromatic carbocycles. The van der Waals surface area contributed by atoms with Crippen LogP contribution in [0.5, 0.6) is 5.75 Å². The first-order valence-corrected chi connectivity index (χ1v) is 7.72. The number of halogens is 1. The molecule has 25 heavy (non-hydrogen) atoms. The van der Waals surface area contributed by atoms with Gasteiger partial charge in [0.05, 0.1) is 18.1 Å². The number of amides is 1. The Morgan fingerprint density at radius 1 is 1.28 bits per heavy atom. The molecule has 1 heterocycles. The minimum atomic E-state index is -0.564. The summed E-state index contributed by atoms with van der Waals surface area (Å²) < 4.78 is 6.72. The van der Waals surface area contributed by atoms with Gasteiger partial charge >= 0.3 is 0 Å². The standard InChI is InChI=1S/C17H14ClN3O4/c1-25-13-3-4-14(16(9-13)21(23)24)19-17(22)10-20-7-6-11-8-12(18)2-5-15(11)20/h2-9H,10H2,1H3,(H,19,22). The van der Waals surface area contributed by atoms with Crippen LogP contribution in [0.2, 0.25) is 5.02 Å². The predicted molar refractivity (Wildman–Crippen MR) is 95.2 cm³/mol. The zero-order chi connectivity index (χ0) is 18.0. The average Bonchev–Trinajstić information content (AvgIpc) is 2.96. The molecule has 1 N–H and O–H groups in total. The lowest BCUT2D eigenvalue weighted by Crippen LogP contribution is -2.18. The van der Waals surface area contributed by atoms with Crippen LogP contribution in [0.4, 0.5) is 11.4 Å². The molecule has 0 unspecified atom stereocenters. The van der Waals surface area contributed by atoms with Crippen LogP contribution in [0.15, 0.2) is 48.7 Å². The van der Waals surface area contributed by atoms with E-state index >= 15 is 0 Å². The molecular weight excluding hydrogens is 346 g/mol. The number of carbonyl (C=O) groups excluding carboxylic acids is 1. The molecule has 3 rings (SSSR count). The fourth-order valence-electron chi connectivity index (χ4n) is 2.55. The Morgan fingerprint density at radius 2 is 2.08 bits per heavy atom. The number of benzene rings is 2. The van der Waals surface area contributed by atoms with Crippen LogP contribution in [-0.2, 0) is 11.3 Å². The van der Waals surface area contributed by atoms with Crippen molar-refractivity contribution in [2.24, 2.45) is 0 Å². The first kappa shape index (κ1) is 16.8. The number of hydrogen-bond donors (Lipinski definition) is 1. The lowest BCUT2D eigenvalue weighted by molar-refractivity contribution is -0.384. The highest BCUT2D eigenvalue weighted by atomic mass is 35.5. The number of nitrogens with one attached hydrogen (secondary N) is 1. The van der Waals surface area contributed by atoms with Gasteiger partial charge in [-0.1, -0.05) is 11.6 Å². The summed E-state index contributed by atoms with van der Waals surface area (Å²) in [6.07, 6.45) is 1.77. The van der Waals surface area contributed by atoms with E-state index < -0.39 is 4.92 Å². The first-order valence-electron chi connectivity index (χ1n) is 7.34. The number of ether oxygens (including phenoxy) is 1. The van der Waals surface area contributed by atoms with E-state index in [-0.39, 0.29) is 23.8 Å². The number of hydrogen-bond acceptors (Lipinski definition) is 4. The summed E-state index contributed by atoms with van der Waals surface area (Å²) in [5, 5.41) is 15.3. The van der Waals surface area contributed by atoms with Crippen LogP contribution in [0.25, 0.3) is 10.9 Å². The monoisotopic (exact) mass is 359 g/mol. The van der Waals surface area contributed by atoms with E-state index in [0.29, 0.717) is 10.8 Å². The van der Waals surface area contributed by atoms with Gasteiger partial charge in [0.25, 0.3) is 5.69 Å². The zero-order valence-corrected chi connectivity index (χ0v) is 14.0. The van der Waals surface area contributed by atoms with Crippen molar-refractivity contribution in [2.75, 3.05) is 12.4 Å². The highest BCUT2D eigenvalue weighted by Crippen LogP contribution is 2.29. The molecule has 1 amide bonds. The van der Waals surface area contributed by atoms with Crippen LogP contribution < -0.4 is 10.1 Å². The Morgan fingerprint density at radius 3 is 2.80 bits per heavy atom. The molecule has 0 radical (unpaired) electrons. The van der Waals surface area contributed by atoms with Crippen molar-refractivity contribution in [3.05, 3.63) is 63.8 Å². The number of nitrogens with zero attached hydrogens (tertiary/aromatic N) is 2. The molecule has 0 bridgehead atoms. The third kappa shape index (κ3) is 3.56. The third-order valence-corrected chi connectivity index (χ3v) is 3.96. The lowest BCUT2D eigenvalue weighted by Gasteiger charge is -2.09. The predicted octanol–water partition coefficient (Wildman–Crippen LogP) is 3.85. The molecule has 0 saturated heterocycles. The Bertz CT molecular complexity index is 968. The van der Waals surface area contributed by atoms with E-state index in [4.69, 9.17) is 16.3 Å². The second-order valence-electron chi connectivity index (χ2n) is 5.34. The van der Waals surface area contributed by atoms with E-state index in [0.717, 1.165) is 10.9 Å². The number of aromatic nitrogens is 1. The van der Waals surface area contributed by atoms with E-state index in [9.17, 15) is 14.9 Å². The summed E-state index contributed by atoms with van der Waals surface area (Å²) in [6.45, 7) is 0.0221. The van der Waals surface area contributed by atoms with Gasteiger partial charge in [0.15, 0.2) is 0 Å². The van der Waals surface area contributed by atoms with Crippen molar-refractivity contribution < 1.29 is 14.5 Å². The summed E-state index contributed by atoms with van der Waals surface area (Å²) in [7, 11) is 1.42. The van der Waals surface area contributed by atoms with Crippen LogP contribution in [-0.4, -0.2) is 22.5 Å². The van der Waals surface area contributed by atoms with Gasteiger partial charge in [-0.25, -0.2) is 0 Å². The molecule has 0 fully saturated rings. The fraction of sp³-hybridized carbons (Fsp3) is 0.118. The van der Waals surface area contributed by atoms with Crippen LogP contribution in [0.1, 0.15) is 0 Å². The number of nitro benzene ring substituents is 1. The Labute approximate surface area is 147 Å². The fourth-order valence-corrected chi connectivity index (χ4v) is 2.73. The van der Waals surface area contributed by atoms with Crippen molar-refractivity contribution in [2.45, 2.75) is 6.54 Å². The summed E-state index contributed by atoms with van der Waals surface area (Å²) in [5.74, 6) is -0.0290. The number of anilines is 1. The molecule has 3 aromatic rings. The van der Waals surface area contributed by atoms with Gasteiger partial charge in [0.1, 0.15) is 18.0 Å². The van der Waals surface area contributed by atoms with E-state index in [1.54, 1.807) is 29.0 Å². The molecule has 1 aromatic heterocycles. The summed E-state index contributed by atoms with van der Waals surface area (Å²) in [5.41, 5.74) is 0.746. The quantitative estimate of drug-likeness (QED) is 0.553. The van der Waals surface area contributed by atoms with Gasteiger partial charge in [0.2, 0.25) is 5.91 Å². The molecule has 0 spiro atoms. The Balaban J connectivity index is 1.81. The summed E-state index contributed by atoms with van der Waals surface area (Å²) >= 11 is 5.95. The van der Waals surface area contributed by atoms with Crippen LogP contribution >= 0.6 is 11.6 Å². The molecule has 0 aliphatic rings. The first-order chi connectivity index (χ1) is 12.0. The molecule has 7 nitrogen and oxygen atoms in total.